The van der Waals surface area contributed by atoms with Crippen molar-refractivity contribution in [3.63, 3.8) is 0 Å². The first-order valence-electron chi connectivity index (χ1n) is 15.7. The molecule has 13 heteroatoms. The summed E-state index contributed by atoms with van der Waals surface area (Å²) in [5.41, 5.74) is 5.08. The first-order chi connectivity index (χ1) is 22.0. The Morgan fingerprint density at radius 1 is 1.26 bits per heavy atom. The van der Waals surface area contributed by atoms with E-state index in [1.54, 1.807) is 6.92 Å². The van der Waals surface area contributed by atoms with E-state index in [1.165, 1.54) is 12.1 Å². The van der Waals surface area contributed by atoms with Crippen LogP contribution in [0.5, 0.6) is 11.8 Å². The summed E-state index contributed by atoms with van der Waals surface area (Å²) in [7, 11) is 0. The predicted molar refractivity (Wildman–Crippen MR) is 174 cm³/mol. The Hall–Kier alpha value is -3.50. The van der Waals surface area contributed by atoms with Gasteiger partial charge in [0.2, 0.25) is 0 Å². The number of hydrogen-bond donors (Lipinski definition) is 2. The number of hydrogen-bond acceptors (Lipinski definition) is 10. The topological polar surface area (TPSA) is 121 Å². The molecule has 4 atom stereocenters. The maximum absolute atomic E-state index is 17.2. The van der Waals surface area contributed by atoms with Crippen LogP contribution in [-0.4, -0.2) is 70.0 Å². The molecule has 4 aliphatic rings. The van der Waals surface area contributed by atoms with E-state index in [2.05, 4.69) is 16.8 Å². The minimum absolute atomic E-state index is 0.0222. The fourth-order valence-corrected chi connectivity index (χ4v) is 9.69. The van der Waals surface area contributed by atoms with Crippen LogP contribution in [0.1, 0.15) is 51.5 Å². The van der Waals surface area contributed by atoms with Crippen molar-refractivity contribution in [3.8, 4) is 29.0 Å². The highest BCUT2D eigenvalue weighted by molar-refractivity contribution is 7.23. The van der Waals surface area contributed by atoms with Crippen molar-refractivity contribution in [1.82, 2.24) is 14.9 Å². The van der Waals surface area contributed by atoms with Crippen LogP contribution in [0.15, 0.2) is 12.1 Å². The van der Waals surface area contributed by atoms with Gasteiger partial charge in [-0.15, -0.1) is 11.3 Å². The zero-order valence-corrected chi connectivity index (χ0v) is 27.1. The second-order valence-corrected chi connectivity index (χ2v) is 14.9. The van der Waals surface area contributed by atoms with Gasteiger partial charge in [-0.2, -0.15) is 15.2 Å². The molecule has 0 aliphatic carbocycles. The second-order valence-electron chi connectivity index (χ2n) is 13.5. The van der Waals surface area contributed by atoms with Gasteiger partial charge in [-0.3, -0.25) is 4.90 Å². The smallest absolute Gasteiger partial charge is 0.319 e. The lowest BCUT2D eigenvalue weighted by Gasteiger charge is -2.35. The Morgan fingerprint density at radius 3 is 2.89 bits per heavy atom. The summed E-state index contributed by atoms with van der Waals surface area (Å²) in [6, 6.07) is 4.35. The van der Waals surface area contributed by atoms with E-state index in [1.807, 2.05) is 11.0 Å². The summed E-state index contributed by atoms with van der Waals surface area (Å²) < 4.78 is 44.9. The molecule has 8 rings (SSSR count). The van der Waals surface area contributed by atoms with E-state index in [0.717, 1.165) is 43.7 Å². The van der Waals surface area contributed by atoms with Gasteiger partial charge in [0.25, 0.3) is 0 Å². The van der Waals surface area contributed by atoms with Gasteiger partial charge in [0.1, 0.15) is 34.8 Å². The van der Waals surface area contributed by atoms with Gasteiger partial charge in [0, 0.05) is 30.5 Å². The molecular formula is C33H33ClF2N6O3S. The van der Waals surface area contributed by atoms with Crippen molar-refractivity contribution in [2.45, 2.75) is 63.1 Å². The van der Waals surface area contributed by atoms with E-state index in [0.29, 0.717) is 37.7 Å². The summed E-state index contributed by atoms with van der Waals surface area (Å²) in [4.78, 5) is 14.0. The zero-order chi connectivity index (χ0) is 32.1. The monoisotopic (exact) mass is 666 g/mol. The maximum Gasteiger partial charge on any atom is 0.319 e. The van der Waals surface area contributed by atoms with Crippen molar-refractivity contribution >= 4 is 54.7 Å². The first kappa shape index (κ1) is 29.9. The van der Waals surface area contributed by atoms with Gasteiger partial charge in [-0.05, 0) is 56.7 Å². The molecule has 0 spiro atoms. The average molecular weight is 667 g/mol. The van der Waals surface area contributed by atoms with E-state index in [-0.39, 0.29) is 77.7 Å². The molecule has 0 radical (unpaired) electrons. The van der Waals surface area contributed by atoms with Crippen LogP contribution in [0.3, 0.4) is 0 Å². The summed E-state index contributed by atoms with van der Waals surface area (Å²) in [6.07, 6.45) is 4.05. The Kier molecular flexibility index (Phi) is 6.82. The van der Waals surface area contributed by atoms with E-state index in [9.17, 15) is 14.8 Å². The van der Waals surface area contributed by atoms with E-state index >= 15 is 4.39 Å². The number of ether oxygens (including phenoxy) is 2. The Bertz CT molecular complexity index is 1980. The van der Waals surface area contributed by atoms with Crippen LogP contribution < -0.4 is 20.1 Å². The third-order valence-corrected chi connectivity index (χ3v) is 11.9. The van der Waals surface area contributed by atoms with Crippen molar-refractivity contribution in [3.05, 3.63) is 34.4 Å². The number of nitriles is 1. The number of fused-ring (bicyclic) bond motifs is 4. The van der Waals surface area contributed by atoms with Crippen LogP contribution in [0.2, 0.25) is 5.02 Å². The summed E-state index contributed by atoms with van der Waals surface area (Å²) in [5.74, 6) is -0.243. The zero-order valence-electron chi connectivity index (χ0n) is 25.5. The standard InChI is InChI=1S/C33H33ClF2N6O3S/c1-16-12-33(7-3-9-41(33)14-16)15-45-31-39-26-23-27(44-11-6-20-32(2,43)8-10-42(20)30(23)40-31)24(34)22(25(26)36)17-4-5-19(35)28-21(17)18(13-37)29(38)46-28/h4-5,16,20,43H,3,6-12,14-15,38H2,1-2H3/t16-,20?,32?,33+/m1/s1. The van der Waals surface area contributed by atoms with Crippen molar-refractivity contribution < 1.29 is 23.4 Å². The van der Waals surface area contributed by atoms with Gasteiger partial charge in [-0.1, -0.05) is 24.6 Å². The molecule has 3 saturated heterocycles. The third-order valence-electron chi connectivity index (χ3n) is 10.5. The molecule has 240 valence electrons. The molecule has 6 heterocycles. The number of nitrogens with zero attached hydrogens (tertiary/aromatic N) is 5. The third kappa shape index (κ3) is 4.28. The van der Waals surface area contributed by atoms with E-state index in [4.69, 9.17) is 31.8 Å². The molecule has 9 nitrogen and oxygen atoms in total. The Morgan fingerprint density at radius 2 is 2.09 bits per heavy atom. The quantitative estimate of drug-likeness (QED) is 0.260. The molecule has 4 aromatic rings. The van der Waals surface area contributed by atoms with E-state index < -0.39 is 17.2 Å². The summed E-state index contributed by atoms with van der Waals surface area (Å²) in [5, 5.41) is 21.7. The molecule has 2 unspecified atom stereocenters. The average Bonchev–Trinajstić information content (AvgIpc) is 3.72. The van der Waals surface area contributed by atoms with Crippen LogP contribution in [0.25, 0.3) is 32.1 Å². The van der Waals surface area contributed by atoms with Crippen LogP contribution >= 0.6 is 22.9 Å². The SMILES string of the molecule is C[C@H]1CN2CCC[C@@]2(COc2nc3c4c(c(Cl)c(-c5ccc(F)c6sc(N)c(C#N)c56)c(F)c4n2)OCCC2N3CCC2(C)O)C1. The number of aromatic nitrogens is 2. The first-order valence-corrected chi connectivity index (χ1v) is 16.9. The highest BCUT2D eigenvalue weighted by Crippen LogP contribution is 2.52. The number of benzene rings is 2. The Balaban J connectivity index is 1.36. The number of anilines is 2. The van der Waals surface area contributed by atoms with Crippen LogP contribution in [0, 0.1) is 28.9 Å². The number of thiophene rings is 1. The molecule has 46 heavy (non-hydrogen) atoms. The highest BCUT2D eigenvalue weighted by atomic mass is 35.5. The molecule has 3 N–H and O–H groups in total. The largest absolute Gasteiger partial charge is 0.491 e. The van der Waals surface area contributed by atoms with Crippen molar-refractivity contribution in [2.75, 3.05) is 43.5 Å². The lowest BCUT2D eigenvalue weighted by atomic mass is 9.92. The summed E-state index contributed by atoms with van der Waals surface area (Å²) in [6.45, 7) is 7.11. The minimum Gasteiger partial charge on any atom is -0.491 e. The summed E-state index contributed by atoms with van der Waals surface area (Å²) >= 11 is 7.96. The Labute approximate surface area is 273 Å². The lowest BCUT2D eigenvalue weighted by Crippen LogP contribution is -2.45. The van der Waals surface area contributed by atoms with Crippen LogP contribution in [-0.2, 0) is 0 Å². The van der Waals surface area contributed by atoms with Crippen molar-refractivity contribution in [1.29, 1.82) is 5.26 Å². The molecule has 0 bridgehead atoms. The van der Waals surface area contributed by atoms with Crippen molar-refractivity contribution in [2.24, 2.45) is 5.92 Å². The number of nitrogen functional groups attached to an aromatic ring is 1. The number of halogens is 3. The fourth-order valence-electron chi connectivity index (χ4n) is 8.41. The number of aliphatic hydroxyl groups is 1. The molecule has 2 aromatic heterocycles. The normalized spacial score (nSPS) is 27.4. The molecule has 4 aliphatic heterocycles. The molecule has 0 amide bonds. The van der Waals surface area contributed by atoms with Crippen LogP contribution in [0.4, 0.5) is 19.6 Å². The molecule has 2 aromatic carbocycles. The molecule has 0 saturated carbocycles. The fraction of sp³-hybridized carbons (Fsp3) is 0.485. The van der Waals surface area contributed by atoms with Gasteiger partial charge in [-0.25, -0.2) is 8.78 Å². The van der Waals surface area contributed by atoms with Gasteiger partial charge < -0.3 is 25.2 Å². The molecule has 3 fully saturated rings. The highest BCUT2D eigenvalue weighted by Gasteiger charge is 2.48. The maximum atomic E-state index is 17.2. The second kappa shape index (κ2) is 10.5. The van der Waals surface area contributed by atoms with Gasteiger partial charge in [0.05, 0.1) is 44.5 Å². The lowest BCUT2D eigenvalue weighted by molar-refractivity contribution is 0.0438. The molecular weight excluding hydrogens is 634 g/mol. The number of rotatable bonds is 4. The van der Waals surface area contributed by atoms with Gasteiger partial charge in [0.15, 0.2) is 11.6 Å². The predicted octanol–water partition coefficient (Wildman–Crippen LogP) is 6.26. The van der Waals surface area contributed by atoms with Gasteiger partial charge >= 0.3 is 6.01 Å². The minimum atomic E-state index is -1.02. The number of nitrogens with two attached hydrogens (primary N) is 1.